The zero-order chi connectivity index (χ0) is 10.3. The average Bonchev–Trinajstić information content (AvgIpc) is 2.11. The molecular weight excluding hydrogens is 174 g/mol. The molecule has 1 aromatic rings. The number of benzene rings is 1. The first-order valence-corrected chi connectivity index (χ1v) is 3.97. The molecule has 0 aliphatic carbocycles. The first-order chi connectivity index (χ1) is 6.07. The van der Waals surface area contributed by atoms with Gasteiger partial charge in [-0.3, -0.25) is 0 Å². The fourth-order valence-electron chi connectivity index (χ4n) is 0.439. The lowest BCUT2D eigenvalue weighted by Gasteiger charge is -1.85. The quantitative estimate of drug-likeness (QED) is 0.659. The van der Waals surface area contributed by atoms with Gasteiger partial charge in [-0.2, -0.15) is 0 Å². The molecule has 0 bridgehead atoms. The molecule has 0 heterocycles. The third-order valence-electron chi connectivity index (χ3n) is 1.32. The van der Waals surface area contributed by atoms with Crippen LogP contribution in [0.3, 0.4) is 0 Å². The molecule has 0 saturated heterocycles. The van der Waals surface area contributed by atoms with Crippen LogP contribution in [0.2, 0.25) is 0 Å². The molecule has 0 atom stereocenters. The third kappa shape index (κ3) is 5.96. The maximum atomic E-state index is 11.9. The van der Waals surface area contributed by atoms with E-state index < -0.39 is 11.6 Å². The van der Waals surface area contributed by atoms with Crippen molar-refractivity contribution in [2.75, 3.05) is 0 Å². The van der Waals surface area contributed by atoms with Crippen LogP contribution in [-0.4, -0.2) is 5.78 Å². The Morgan fingerprint density at radius 1 is 1.23 bits per heavy atom. The van der Waals surface area contributed by atoms with E-state index in [1.165, 1.54) is 12.1 Å². The van der Waals surface area contributed by atoms with Gasteiger partial charge in [0.05, 0.1) is 0 Å². The van der Waals surface area contributed by atoms with Crippen LogP contribution in [0.4, 0.5) is 8.78 Å². The highest BCUT2D eigenvalue weighted by Crippen LogP contribution is 2.01. The molecule has 1 aromatic carbocycles. The summed E-state index contributed by atoms with van der Waals surface area (Å²) in [5.74, 6) is -1.34. The van der Waals surface area contributed by atoms with E-state index in [0.717, 1.165) is 12.1 Å². The second-order valence-corrected chi connectivity index (χ2v) is 2.47. The lowest BCUT2D eigenvalue weighted by Crippen LogP contribution is -1.80. The molecule has 0 spiro atoms. The zero-order valence-electron chi connectivity index (χ0n) is 7.68. The smallest absolute Gasteiger partial charge is 0.158 e. The topological polar surface area (TPSA) is 17.1 Å². The minimum absolute atomic E-state index is 0.255. The summed E-state index contributed by atoms with van der Waals surface area (Å²) in [6.07, 6.45) is 0.667. The fraction of sp³-hybridized carbons (Fsp3) is 0.300. The average molecular weight is 186 g/mol. The van der Waals surface area contributed by atoms with Crippen LogP contribution in [-0.2, 0) is 4.79 Å². The lowest BCUT2D eigenvalue weighted by molar-refractivity contribution is -0.116. The lowest BCUT2D eigenvalue weighted by atomic mass is 10.3. The monoisotopic (exact) mass is 186 g/mol. The normalized spacial score (nSPS) is 8.62. The van der Waals surface area contributed by atoms with Crippen molar-refractivity contribution in [1.29, 1.82) is 0 Å². The van der Waals surface area contributed by atoms with Crippen molar-refractivity contribution in [2.45, 2.75) is 20.3 Å². The van der Waals surface area contributed by atoms with Crippen molar-refractivity contribution in [1.82, 2.24) is 0 Å². The highest BCUT2D eigenvalue weighted by molar-refractivity contribution is 5.74. The van der Waals surface area contributed by atoms with Gasteiger partial charge >= 0.3 is 0 Å². The third-order valence-corrected chi connectivity index (χ3v) is 1.32. The van der Waals surface area contributed by atoms with E-state index >= 15 is 0 Å². The molecule has 0 fully saturated rings. The summed E-state index contributed by atoms with van der Waals surface area (Å²) in [7, 11) is 0. The van der Waals surface area contributed by atoms with Crippen molar-refractivity contribution < 1.29 is 13.6 Å². The van der Waals surface area contributed by atoms with Gasteiger partial charge in [0.1, 0.15) is 5.78 Å². The van der Waals surface area contributed by atoms with Gasteiger partial charge in [0.2, 0.25) is 0 Å². The van der Waals surface area contributed by atoms with Crippen LogP contribution < -0.4 is 0 Å². The Labute approximate surface area is 76.4 Å². The van der Waals surface area contributed by atoms with Gasteiger partial charge in [0.25, 0.3) is 0 Å². The van der Waals surface area contributed by atoms with Crippen molar-refractivity contribution in [3.63, 3.8) is 0 Å². The summed E-state index contributed by atoms with van der Waals surface area (Å²) < 4.78 is 23.9. The summed E-state index contributed by atoms with van der Waals surface area (Å²) in [5, 5.41) is 0. The molecule has 0 unspecified atom stereocenters. The molecule has 0 aromatic heterocycles. The molecule has 1 nitrogen and oxygen atoms in total. The Hall–Kier alpha value is -1.25. The molecule has 0 aliphatic heterocycles. The number of carbonyl (C=O) groups is 1. The Bertz CT molecular complexity index is 250. The summed E-state index contributed by atoms with van der Waals surface area (Å²) in [5.41, 5.74) is 0. The molecule has 0 amide bonds. The molecule has 72 valence electrons. The van der Waals surface area contributed by atoms with Gasteiger partial charge in [0.15, 0.2) is 11.6 Å². The van der Waals surface area contributed by atoms with E-state index in [2.05, 4.69) is 0 Å². The molecule has 13 heavy (non-hydrogen) atoms. The van der Waals surface area contributed by atoms with E-state index in [-0.39, 0.29) is 5.78 Å². The van der Waals surface area contributed by atoms with E-state index in [0.29, 0.717) is 6.42 Å². The van der Waals surface area contributed by atoms with Gasteiger partial charge < -0.3 is 4.79 Å². The van der Waals surface area contributed by atoms with E-state index in [9.17, 15) is 13.6 Å². The molecule has 0 N–H and O–H groups in total. The van der Waals surface area contributed by atoms with Crippen LogP contribution in [0.25, 0.3) is 0 Å². The highest BCUT2D eigenvalue weighted by Gasteiger charge is 1.93. The van der Waals surface area contributed by atoms with Crippen molar-refractivity contribution >= 4 is 5.78 Å². The molecule has 3 heteroatoms. The minimum Gasteiger partial charge on any atom is -0.300 e. The Morgan fingerprint density at radius 2 is 1.54 bits per heavy atom. The highest BCUT2D eigenvalue weighted by atomic mass is 19.2. The van der Waals surface area contributed by atoms with Crippen molar-refractivity contribution in [3.8, 4) is 0 Å². The van der Waals surface area contributed by atoms with Crippen LogP contribution >= 0.6 is 0 Å². The summed E-state index contributed by atoms with van der Waals surface area (Å²) in [6, 6.07) is 5.04. The number of ketones is 1. The van der Waals surface area contributed by atoms with Crippen molar-refractivity contribution in [2.24, 2.45) is 0 Å². The maximum absolute atomic E-state index is 11.9. The summed E-state index contributed by atoms with van der Waals surface area (Å²) in [4.78, 5) is 9.81. The Morgan fingerprint density at radius 3 is 1.69 bits per heavy atom. The second-order valence-electron chi connectivity index (χ2n) is 2.47. The first-order valence-electron chi connectivity index (χ1n) is 3.97. The van der Waals surface area contributed by atoms with Gasteiger partial charge in [-0.1, -0.05) is 19.1 Å². The number of rotatable bonds is 1. The number of hydrogen-bond acceptors (Lipinski definition) is 1. The van der Waals surface area contributed by atoms with E-state index in [1.54, 1.807) is 6.92 Å². The van der Waals surface area contributed by atoms with Crippen molar-refractivity contribution in [3.05, 3.63) is 35.9 Å². The SMILES string of the molecule is CCC(C)=O.Fc1ccccc1F. The van der Waals surface area contributed by atoms with Crippen LogP contribution in [0, 0.1) is 11.6 Å². The van der Waals surface area contributed by atoms with Crippen LogP contribution in [0.5, 0.6) is 0 Å². The standard InChI is InChI=1S/C6H4F2.C4H8O/c7-5-3-1-2-4-6(5)8;1-3-4(2)5/h1-4H;3H2,1-2H3. The molecule has 0 radical (unpaired) electrons. The van der Waals surface area contributed by atoms with Gasteiger partial charge in [0, 0.05) is 6.42 Å². The van der Waals surface area contributed by atoms with Crippen LogP contribution in [0.15, 0.2) is 24.3 Å². The van der Waals surface area contributed by atoms with E-state index in [1.807, 2.05) is 6.92 Å². The molecule has 1 rings (SSSR count). The second kappa shape index (κ2) is 6.29. The van der Waals surface area contributed by atoms with Crippen LogP contribution in [0.1, 0.15) is 20.3 Å². The number of carbonyl (C=O) groups excluding carboxylic acids is 1. The molecule has 0 aliphatic rings. The maximum Gasteiger partial charge on any atom is 0.158 e. The van der Waals surface area contributed by atoms with Gasteiger partial charge in [-0.05, 0) is 19.1 Å². The van der Waals surface area contributed by atoms with E-state index in [4.69, 9.17) is 0 Å². The fourth-order valence-corrected chi connectivity index (χ4v) is 0.439. The summed E-state index contributed by atoms with van der Waals surface area (Å²) in [6.45, 7) is 3.43. The van der Waals surface area contributed by atoms with Gasteiger partial charge in [-0.25, -0.2) is 8.78 Å². The largest absolute Gasteiger partial charge is 0.300 e. The number of halogens is 2. The number of hydrogen-bond donors (Lipinski definition) is 0. The minimum atomic E-state index is -0.799. The predicted molar refractivity (Wildman–Crippen MR) is 47.3 cm³/mol. The predicted octanol–water partition coefficient (Wildman–Crippen LogP) is 2.95. The molecule has 0 saturated carbocycles. The Balaban J connectivity index is 0.000000252. The number of Topliss-reactive ketones (excluding diaryl/α,β-unsaturated/α-hetero) is 1. The molecular formula is C10H12F2O. The first kappa shape index (κ1) is 11.8. The Kier molecular flexibility index (Phi) is 5.68. The summed E-state index contributed by atoms with van der Waals surface area (Å²) >= 11 is 0. The van der Waals surface area contributed by atoms with Gasteiger partial charge in [-0.15, -0.1) is 0 Å². The zero-order valence-corrected chi connectivity index (χ0v) is 7.68.